The standard InChI is InChI=1S/C65H95N11O19/c1-34(2)21-36(5)52(82)26-41(24-39-13-17-44(80)18-14-39)61(92)72-47(9-7-19-70-65(68)69)53(83)22-37(6)59(90)73-48(29-56(66)86)55(85)28-46(35(3)4)62(93)74-49(30-57(87)88)54(84)27-42(32-77)64(95)76-20-8-10-51(76)63(94)71-31-45(81)25-40(23-38-11-15-43(79)16-12-38)60(91)75-50(33-78)58(67)89/h11-18,34-37,40-42,46-51,77-80H,7-10,19-33H2,1-6H3,(H2,66,86)(H2,67,89)(H,71,94)(H,72,92)(H,73,90)(H,74,93)(H,75,91)(H,87,88)(H4,68,69,70)/t36-,37+,40+,41+,42-,46-,47-,48-,49-,50-,51-/m0/s1. The summed E-state index contributed by atoms with van der Waals surface area (Å²) in [5.74, 6) is -19.6. The second-order valence-electron chi connectivity index (χ2n) is 25.2. The molecule has 1 aliphatic rings. The fraction of sp³-hybridized carbons (Fsp3) is 0.585. The maximum Gasteiger partial charge on any atom is 0.305 e. The number of aliphatic carboxylic acids is 1. The number of phenolic OH excluding ortho intramolecular Hbond substituents is 2. The molecule has 8 amide bonds. The van der Waals surface area contributed by atoms with Crippen LogP contribution in [0.5, 0.6) is 11.5 Å². The number of nitrogens with one attached hydrogen (secondary N) is 5. The van der Waals surface area contributed by atoms with Gasteiger partial charge in [-0.2, -0.15) is 0 Å². The van der Waals surface area contributed by atoms with Crippen LogP contribution in [0.1, 0.15) is 130 Å². The molecule has 30 nitrogen and oxygen atoms in total. The van der Waals surface area contributed by atoms with Crippen LogP contribution in [-0.4, -0.2) is 182 Å². The maximum absolute atomic E-state index is 14.2. The van der Waals surface area contributed by atoms with E-state index in [-0.39, 0.29) is 93.1 Å². The van der Waals surface area contributed by atoms with Gasteiger partial charge in [-0.3, -0.25) is 72.1 Å². The number of hydrogen-bond acceptors (Lipinski definition) is 19. The highest BCUT2D eigenvalue weighted by molar-refractivity contribution is 6.00. The lowest BCUT2D eigenvalue weighted by Crippen LogP contribution is -2.51. The molecule has 11 atom stereocenters. The quantitative estimate of drug-likeness (QED) is 0.0216. The fourth-order valence-electron chi connectivity index (χ4n) is 11.0. The van der Waals surface area contributed by atoms with E-state index in [1.807, 2.05) is 13.8 Å². The van der Waals surface area contributed by atoms with E-state index < -0.39 is 200 Å². The number of likely N-dealkylation sites (tertiary alicyclic amines) is 1. The Labute approximate surface area is 551 Å². The summed E-state index contributed by atoms with van der Waals surface area (Å²) < 4.78 is 0. The molecular weight excluding hydrogens is 1240 g/mol. The molecule has 0 radical (unpaired) electrons. The van der Waals surface area contributed by atoms with E-state index in [1.54, 1.807) is 19.1 Å². The lowest BCUT2D eigenvalue weighted by molar-refractivity contribution is -0.145. The van der Waals surface area contributed by atoms with Gasteiger partial charge in [-0.25, -0.2) is 0 Å². The zero-order valence-corrected chi connectivity index (χ0v) is 54.7. The molecule has 2 aromatic rings. The average Bonchev–Trinajstić information content (AvgIpc) is 1.79. The van der Waals surface area contributed by atoms with Gasteiger partial charge >= 0.3 is 5.97 Å². The molecule has 524 valence electrons. The molecule has 1 heterocycles. The number of ketones is 5. The van der Waals surface area contributed by atoms with Crippen molar-refractivity contribution in [2.75, 3.05) is 32.8 Å². The zero-order chi connectivity index (χ0) is 71.4. The van der Waals surface area contributed by atoms with Gasteiger partial charge in [-0.1, -0.05) is 65.8 Å². The number of hydrogen-bond donors (Lipinski definition) is 14. The summed E-state index contributed by atoms with van der Waals surface area (Å²) >= 11 is 0. The number of carbonyl (C=O) groups excluding carboxylic acids is 13. The van der Waals surface area contributed by atoms with Crippen LogP contribution in [-0.2, 0) is 80.0 Å². The molecule has 30 heteroatoms. The Morgan fingerprint density at radius 3 is 1.58 bits per heavy atom. The number of carboxylic acids is 1. The van der Waals surface area contributed by atoms with E-state index in [1.165, 1.54) is 57.2 Å². The summed E-state index contributed by atoms with van der Waals surface area (Å²) in [5, 5.41) is 61.8. The zero-order valence-electron chi connectivity index (χ0n) is 54.7. The second kappa shape index (κ2) is 39.5. The molecule has 0 bridgehead atoms. The van der Waals surface area contributed by atoms with E-state index in [4.69, 9.17) is 22.9 Å². The molecule has 1 aliphatic heterocycles. The molecule has 1 fully saturated rings. The number of amides is 8. The minimum atomic E-state index is -1.85. The number of phenols is 2. The molecule has 0 spiro atoms. The number of rotatable bonds is 44. The average molecular weight is 1330 g/mol. The molecular formula is C65H95N11O19. The first-order chi connectivity index (χ1) is 44.6. The number of Topliss-reactive ketones (excluding diaryl/α,β-unsaturated/α-hetero) is 5. The van der Waals surface area contributed by atoms with Crippen molar-refractivity contribution < 1.29 is 92.7 Å². The predicted octanol–water partition coefficient (Wildman–Crippen LogP) is -0.962. The maximum atomic E-state index is 14.2. The number of aliphatic hydroxyl groups excluding tert-OH is 2. The summed E-state index contributed by atoms with van der Waals surface area (Å²) in [6, 6.07) is 4.33. The predicted molar refractivity (Wildman–Crippen MR) is 343 cm³/mol. The summed E-state index contributed by atoms with van der Waals surface area (Å²) in [5.41, 5.74) is 22.9. The van der Waals surface area contributed by atoms with E-state index in [2.05, 4.69) is 31.6 Å². The Bertz CT molecular complexity index is 3060. The van der Waals surface area contributed by atoms with Gasteiger partial charge in [0.15, 0.2) is 29.1 Å². The molecule has 3 rings (SSSR count). The number of primary amides is 2. The molecule has 0 aromatic heterocycles. The van der Waals surface area contributed by atoms with Gasteiger partial charge in [-0.05, 0) is 92.2 Å². The van der Waals surface area contributed by atoms with Crippen LogP contribution in [0.15, 0.2) is 53.5 Å². The Kier molecular flexibility index (Phi) is 33.3. The number of benzene rings is 2. The number of carbonyl (C=O) groups is 14. The van der Waals surface area contributed by atoms with E-state index in [0.717, 1.165) is 4.90 Å². The number of aliphatic hydroxyl groups is 2. The van der Waals surface area contributed by atoms with Crippen molar-refractivity contribution in [3.05, 3.63) is 59.7 Å². The van der Waals surface area contributed by atoms with Crippen LogP contribution in [0.3, 0.4) is 0 Å². The third kappa shape index (κ3) is 27.7. The number of aromatic hydroxyl groups is 2. The summed E-state index contributed by atoms with van der Waals surface area (Å²) in [4.78, 5) is 193. The van der Waals surface area contributed by atoms with Crippen molar-refractivity contribution in [2.24, 2.45) is 75.3 Å². The van der Waals surface area contributed by atoms with Crippen LogP contribution in [0, 0.1) is 47.3 Å². The smallest absolute Gasteiger partial charge is 0.305 e. The Hall–Kier alpha value is -9.19. The van der Waals surface area contributed by atoms with E-state index >= 15 is 0 Å². The molecule has 0 aliphatic carbocycles. The van der Waals surface area contributed by atoms with Crippen molar-refractivity contribution in [1.29, 1.82) is 0 Å². The second-order valence-corrected chi connectivity index (χ2v) is 25.2. The van der Waals surface area contributed by atoms with Crippen LogP contribution in [0.25, 0.3) is 0 Å². The number of nitrogens with zero attached hydrogens (tertiary/aromatic N) is 2. The van der Waals surface area contributed by atoms with E-state index in [0.29, 0.717) is 17.5 Å². The van der Waals surface area contributed by atoms with Gasteiger partial charge < -0.3 is 80.0 Å². The third-order valence-electron chi connectivity index (χ3n) is 16.4. The number of carboxylic acid groups (broad SMARTS) is 1. The lowest BCUT2D eigenvalue weighted by Gasteiger charge is -2.28. The topological polar surface area (TPSA) is 520 Å². The molecule has 2 aromatic carbocycles. The summed E-state index contributed by atoms with van der Waals surface area (Å²) in [6.07, 6.45) is -3.46. The van der Waals surface area contributed by atoms with Gasteiger partial charge in [0.05, 0.1) is 56.6 Å². The van der Waals surface area contributed by atoms with Crippen LogP contribution < -0.4 is 49.5 Å². The van der Waals surface area contributed by atoms with Crippen LogP contribution >= 0.6 is 0 Å². The van der Waals surface area contributed by atoms with Gasteiger partial charge in [0.2, 0.25) is 47.3 Å². The Morgan fingerprint density at radius 2 is 1.07 bits per heavy atom. The van der Waals surface area contributed by atoms with Crippen molar-refractivity contribution in [3.8, 4) is 11.5 Å². The molecule has 1 saturated heterocycles. The highest BCUT2D eigenvalue weighted by Crippen LogP contribution is 2.26. The molecule has 95 heavy (non-hydrogen) atoms. The normalized spacial score (nSPS) is 16.0. The highest BCUT2D eigenvalue weighted by atomic mass is 16.4. The van der Waals surface area contributed by atoms with Gasteiger partial charge in [0.25, 0.3) is 0 Å². The third-order valence-corrected chi connectivity index (χ3v) is 16.4. The van der Waals surface area contributed by atoms with E-state index in [9.17, 15) is 92.7 Å². The monoisotopic (exact) mass is 1330 g/mol. The molecule has 0 saturated carbocycles. The minimum Gasteiger partial charge on any atom is -0.508 e. The SMILES string of the molecule is CC(C)C[C@H](C)C(=O)C[C@@H](Cc1ccc(O)cc1)C(=O)N[C@@H](CCCN=C(N)N)C(=O)C[C@@H](C)C(=O)N[C@@H](CC(N)=O)C(=O)C[C@H](C(=O)N[C@@H](CC(=O)O)C(=O)C[C@@H](CO)C(=O)N1CCC[C@H]1C(=O)NCC(=O)C[C@@H](Cc1ccc(O)cc1)C(=O)N[C@@H](CO)C(N)=O)C(C)C. The van der Waals surface area contributed by atoms with Crippen LogP contribution in [0.4, 0.5) is 0 Å². The Morgan fingerprint density at radius 1 is 0.568 bits per heavy atom. The number of nitrogens with two attached hydrogens (primary N) is 4. The van der Waals surface area contributed by atoms with Gasteiger partial charge in [0, 0.05) is 74.8 Å². The van der Waals surface area contributed by atoms with Gasteiger partial charge in [-0.15, -0.1) is 0 Å². The summed E-state index contributed by atoms with van der Waals surface area (Å²) in [6.45, 7) is 7.66. The summed E-state index contributed by atoms with van der Waals surface area (Å²) in [7, 11) is 0. The van der Waals surface area contributed by atoms with Gasteiger partial charge in [0.1, 0.15) is 29.4 Å². The minimum absolute atomic E-state index is 0.0107. The largest absolute Gasteiger partial charge is 0.508 e. The van der Waals surface area contributed by atoms with Crippen molar-refractivity contribution in [2.45, 2.75) is 162 Å². The van der Waals surface area contributed by atoms with Crippen molar-refractivity contribution >= 4 is 88.1 Å². The first-order valence-corrected chi connectivity index (χ1v) is 31.7. The number of guanidine groups is 1. The Balaban J connectivity index is 1.75. The fourth-order valence-corrected chi connectivity index (χ4v) is 11.0. The van der Waals surface area contributed by atoms with Crippen LogP contribution in [0.2, 0.25) is 0 Å². The highest BCUT2D eigenvalue weighted by Gasteiger charge is 2.41. The molecule has 0 unspecified atom stereocenters. The van der Waals surface area contributed by atoms with Crippen molar-refractivity contribution in [1.82, 2.24) is 31.5 Å². The first-order valence-electron chi connectivity index (χ1n) is 31.7. The lowest BCUT2D eigenvalue weighted by atomic mass is 9.86. The molecule has 18 N–H and O–H groups in total. The number of aliphatic imine (C=N–C) groups is 1. The first kappa shape index (κ1) is 80.0. The van der Waals surface area contributed by atoms with Crippen molar-refractivity contribution in [3.63, 3.8) is 0 Å².